The van der Waals surface area contributed by atoms with E-state index in [1.54, 1.807) is 11.3 Å². The van der Waals surface area contributed by atoms with Crippen molar-refractivity contribution in [3.05, 3.63) is 40.2 Å². The van der Waals surface area contributed by atoms with E-state index in [1.807, 2.05) is 63.1 Å². The number of hydrogen-bond acceptors (Lipinski definition) is 3. The van der Waals surface area contributed by atoms with Crippen LogP contribution in [0.4, 0.5) is 0 Å². The van der Waals surface area contributed by atoms with E-state index in [1.165, 1.54) is 0 Å². The van der Waals surface area contributed by atoms with E-state index in [4.69, 9.17) is 0 Å². The molecule has 1 amide bonds. The minimum atomic E-state index is 0.0573. The Morgan fingerprint density at radius 2 is 1.81 bits per heavy atom. The molecule has 0 saturated heterocycles. The minimum Gasteiger partial charge on any atom is -0.334 e. The second-order valence-corrected chi connectivity index (χ2v) is 6.52. The highest BCUT2D eigenvalue weighted by Gasteiger charge is 2.23. The zero-order chi connectivity index (χ0) is 15.6. The molecule has 0 bridgehead atoms. The topological polar surface area (TPSA) is 33.2 Å². The summed E-state index contributed by atoms with van der Waals surface area (Å²) in [5.74, 6) is 0.0573. The average molecular weight is 302 g/mol. The number of aromatic nitrogens is 1. The van der Waals surface area contributed by atoms with Crippen LogP contribution in [0.5, 0.6) is 0 Å². The lowest BCUT2D eigenvalue weighted by molar-refractivity contribution is 0.0642. The van der Waals surface area contributed by atoms with E-state index in [-0.39, 0.29) is 18.0 Å². The quantitative estimate of drug-likeness (QED) is 0.840. The molecule has 21 heavy (non-hydrogen) atoms. The Morgan fingerprint density at radius 1 is 1.14 bits per heavy atom. The predicted molar refractivity (Wildman–Crippen MR) is 88.7 cm³/mol. The lowest BCUT2D eigenvalue weighted by Crippen LogP contribution is -2.42. The summed E-state index contributed by atoms with van der Waals surface area (Å²) in [5, 5.41) is 4.10. The number of carbonyl (C=O) groups is 1. The highest BCUT2D eigenvalue weighted by Crippen LogP contribution is 2.22. The van der Waals surface area contributed by atoms with Gasteiger partial charge in [0.1, 0.15) is 0 Å². The third kappa shape index (κ3) is 3.32. The summed E-state index contributed by atoms with van der Waals surface area (Å²) in [6.45, 7) is 10.1. The highest BCUT2D eigenvalue weighted by atomic mass is 32.1. The number of nitrogens with zero attached hydrogens (tertiary/aromatic N) is 2. The smallest absolute Gasteiger partial charge is 0.256 e. The molecule has 2 heterocycles. The van der Waals surface area contributed by atoms with Crippen molar-refractivity contribution in [2.75, 3.05) is 0 Å². The third-order valence-corrected chi connectivity index (χ3v) is 4.16. The molecule has 4 heteroatoms. The molecular weight excluding hydrogens is 280 g/mol. The van der Waals surface area contributed by atoms with Crippen LogP contribution in [0, 0.1) is 6.92 Å². The first-order valence-electron chi connectivity index (χ1n) is 7.24. The fraction of sp³-hybridized carbons (Fsp3) is 0.412. The van der Waals surface area contributed by atoms with Gasteiger partial charge >= 0.3 is 0 Å². The van der Waals surface area contributed by atoms with Crippen LogP contribution in [0.3, 0.4) is 0 Å². The molecule has 0 aliphatic rings. The molecule has 2 rings (SSSR count). The number of pyridine rings is 1. The second-order valence-electron chi connectivity index (χ2n) is 5.74. The van der Waals surface area contributed by atoms with E-state index < -0.39 is 0 Å². The first kappa shape index (κ1) is 15.7. The lowest BCUT2D eigenvalue weighted by atomic mass is 10.1. The van der Waals surface area contributed by atoms with E-state index in [9.17, 15) is 4.79 Å². The minimum absolute atomic E-state index is 0.0573. The van der Waals surface area contributed by atoms with Gasteiger partial charge in [-0.15, -0.1) is 0 Å². The number of hydrogen-bond donors (Lipinski definition) is 0. The molecular formula is C17H22N2OS. The summed E-state index contributed by atoms with van der Waals surface area (Å²) in [6, 6.07) is 6.22. The highest BCUT2D eigenvalue weighted by molar-refractivity contribution is 7.08. The molecule has 0 radical (unpaired) electrons. The van der Waals surface area contributed by atoms with Crippen LogP contribution in [0.1, 0.15) is 43.7 Å². The molecule has 0 N–H and O–H groups in total. The normalized spacial score (nSPS) is 11.2. The van der Waals surface area contributed by atoms with Crippen LogP contribution < -0.4 is 0 Å². The molecule has 112 valence electrons. The summed E-state index contributed by atoms with van der Waals surface area (Å²) in [7, 11) is 0. The summed E-state index contributed by atoms with van der Waals surface area (Å²) < 4.78 is 0. The summed E-state index contributed by atoms with van der Waals surface area (Å²) in [6.07, 6.45) is 0. The van der Waals surface area contributed by atoms with Gasteiger partial charge in [-0.05, 0) is 58.2 Å². The summed E-state index contributed by atoms with van der Waals surface area (Å²) >= 11 is 1.65. The molecule has 0 atom stereocenters. The van der Waals surface area contributed by atoms with Crippen LogP contribution >= 0.6 is 11.3 Å². The summed E-state index contributed by atoms with van der Waals surface area (Å²) in [5.41, 5.74) is 3.50. The molecule has 2 aromatic heterocycles. The third-order valence-electron chi connectivity index (χ3n) is 3.48. The van der Waals surface area contributed by atoms with Crippen LogP contribution in [-0.2, 0) is 0 Å². The Balaban J connectivity index is 2.35. The van der Waals surface area contributed by atoms with Gasteiger partial charge in [0.05, 0.1) is 17.0 Å². The van der Waals surface area contributed by atoms with E-state index in [2.05, 4.69) is 10.4 Å². The van der Waals surface area contributed by atoms with Crippen molar-refractivity contribution in [2.45, 2.75) is 46.7 Å². The molecule has 3 nitrogen and oxygen atoms in total. The maximum Gasteiger partial charge on any atom is 0.256 e. The molecule has 0 saturated carbocycles. The maximum atomic E-state index is 12.7. The Labute approximate surface area is 130 Å². The van der Waals surface area contributed by atoms with Gasteiger partial charge in [0, 0.05) is 23.0 Å². The zero-order valence-electron chi connectivity index (χ0n) is 13.3. The van der Waals surface area contributed by atoms with Crippen LogP contribution in [0.2, 0.25) is 0 Å². The molecule has 2 aromatic rings. The maximum absolute atomic E-state index is 12.7. The van der Waals surface area contributed by atoms with Gasteiger partial charge in [0.25, 0.3) is 5.91 Å². The fourth-order valence-electron chi connectivity index (χ4n) is 2.56. The first-order valence-corrected chi connectivity index (χ1v) is 8.19. The van der Waals surface area contributed by atoms with E-state index in [0.717, 1.165) is 17.0 Å². The van der Waals surface area contributed by atoms with Crippen molar-refractivity contribution in [3.63, 3.8) is 0 Å². The standard InChI is InChI=1S/C17H22N2OS/c1-11(2)19(12(3)4)17(20)15-6-7-16(18-13(15)5)14-8-9-21-10-14/h6-12H,1-5H3. The van der Waals surface area contributed by atoms with E-state index in [0.29, 0.717) is 5.56 Å². The molecule has 0 fully saturated rings. The van der Waals surface area contributed by atoms with Gasteiger partial charge in [0.15, 0.2) is 0 Å². The molecule has 0 aromatic carbocycles. The van der Waals surface area contributed by atoms with Gasteiger partial charge in [-0.3, -0.25) is 9.78 Å². The van der Waals surface area contributed by atoms with Gasteiger partial charge in [-0.1, -0.05) is 0 Å². The zero-order valence-corrected chi connectivity index (χ0v) is 14.1. The first-order chi connectivity index (χ1) is 9.91. The average Bonchev–Trinajstić information content (AvgIpc) is 2.91. The number of thiophene rings is 1. The Morgan fingerprint density at radius 3 is 2.29 bits per heavy atom. The molecule has 0 aliphatic heterocycles. The predicted octanol–water partition coefficient (Wildman–Crippen LogP) is 4.38. The fourth-order valence-corrected chi connectivity index (χ4v) is 3.21. The van der Waals surface area contributed by atoms with Crippen LogP contribution in [0.15, 0.2) is 29.0 Å². The number of carbonyl (C=O) groups excluding carboxylic acids is 1. The van der Waals surface area contributed by atoms with Crippen LogP contribution in [0.25, 0.3) is 11.3 Å². The number of rotatable bonds is 4. The van der Waals surface area contributed by atoms with Gasteiger partial charge in [0.2, 0.25) is 0 Å². The largest absolute Gasteiger partial charge is 0.334 e. The van der Waals surface area contributed by atoms with Crippen molar-refractivity contribution < 1.29 is 4.79 Å². The Hall–Kier alpha value is -1.68. The van der Waals surface area contributed by atoms with E-state index >= 15 is 0 Å². The molecule has 0 unspecified atom stereocenters. The van der Waals surface area contributed by atoms with Crippen molar-refractivity contribution in [1.29, 1.82) is 0 Å². The number of aryl methyl sites for hydroxylation is 1. The SMILES string of the molecule is Cc1nc(-c2ccsc2)ccc1C(=O)N(C(C)C)C(C)C. The van der Waals surface area contributed by atoms with Crippen molar-refractivity contribution >= 4 is 17.2 Å². The Kier molecular flexibility index (Phi) is 4.78. The van der Waals surface area contributed by atoms with Crippen molar-refractivity contribution in [1.82, 2.24) is 9.88 Å². The van der Waals surface area contributed by atoms with Crippen molar-refractivity contribution in [2.24, 2.45) is 0 Å². The van der Waals surface area contributed by atoms with Gasteiger partial charge in [-0.25, -0.2) is 0 Å². The lowest BCUT2D eigenvalue weighted by Gasteiger charge is -2.31. The van der Waals surface area contributed by atoms with Gasteiger partial charge < -0.3 is 4.90 Å². The van der Waals surface area contributed by atoms with Gasteiger partial charge in [-0.2, -0.15) is 11.3 Å². The second kappa shape index (κ2) is 6.39. The Bertz CT molecular complexity index is 610. The number of amides is 1. The van der Waals surface area contributed by atoms with Crippen molar-refractivity contribution in [3.8, 4) is 11.3 Å². The van der Waals surface area contributed by atoms with Crippen LogP contribution in [-0.4, -0.2) is 27.9 Å². The summed E-state index contributed by atoms with van der Waals surface area (Å²) in [4.78, 5) is 19.2. The molecule has 0 aliphatic carbocycles. The monoisotopic (exact) mass is 302 g/mol. The molecule has 0 spiro atoms.